The van der Waals surface area contributed by atoms with Crippen molar-refractivity contribution in [1.82, 2.24) is 10.3 Å². The summed E-state index contributed by atoms with van der Waals surface area (Å²) in [6.07, 6.45) is 1.74. The number of aromatic nitrogens is 1. The minimum atomic E-state index is -0.0341. The maximum atomic E-state index is 11.7. The van der Waals surface area contributed by atoms with Crippen LogP contribution in [0.5, 0.6) is 0 Å². The topological polar surface area (TPSA) is 55.1 Å². The predicted octanol–water partition coefficient (Wildman–Crippen LogP) is 2.60. The lowest BCUT2D eigenvalue weighted by molar-refractivity contribution is -0.120. The van der Waals surface area contributed by atoms with Crippen LogP contribution in [0, 0.1) is 6.92 Å². The molecule has 2 aromatic rings. The molecule has 18 heavy (non-hydrogen) atoms. The number of aryl methyl sites for hydroxylation is 1. The molecule has 1 amide bonds. The fourth-order valence-electron chi connectivity index (χ4n) is 1.52. The monoisotopic (exact) mass is 308 g/mol. The molecule has 0 bridgehead atoms. The van der Waals surface area contributed by atoms with Crippen LogP contribution >= 0.6 is 15.9 Å². The van der Waals surface area contributed by atoms with E-state index >= 15 is 0 Å². The van der Waals surface area contributed by atoms with Crippen molar-refractivity contribution >= 4 is 21.8 Å². The zero-order valence-corrected chi connectivity index (χ0v) is 11.5. The lowest BCUT2D eigenvalue weighted by atomic mass is 10.1. The van der Waals surface area contributed by atoms with E-state index in [1.807, 2.05) is 31.2 Å². The maximum Gasteiger partial charge on any atom is 0.224 e. The molecule has 4 nitrogen and oxygen atoms in total. The molecule has 0 aliphatic carbocycles. The third-order valence-electron chi connectivity index (χ3n) is 2.57. The van der Waals surface area contributed by atoms with Crippen LogP contribution in [0.25, 0.3) is 0 Å². The fraction of sp³-hybridized carbons (Fsp3) is 0.231. The SMILES string of the molecule is Cc1ncoc1CNC(=O)Cc1ccc(Br)cc1. The molecule has 0 aliphatic rings. The first-order chi connectivity index (χ1) is 8.65. The molecule has 1 aromatic carbocycles. The number of oxazole rings is 1. The Morgan fingerprint density at radius 3 is 2.72 bits per heavy atom. The highest BCUT2D eigenvalue weighted by molar-refractivity contribution is 9.10. The molecular formula is C13H13BrN2O2. The van der Waals surface area contributed by atoms with Gasteiger partial charge in [-0.2, -0.15) is 0 Å². The molecule has 0 saturated heterocycles. The van der Waals surface area contributed by atoms with E-state index in [9.17, 15) is 4.79 Å². The Hall–Kier alpha value is -1.62. The second-order valence-corrected chi connectivity index (χ2v) is 4.86. The van der Waals surface area contributed by atoms with Gasteiger partial charge in [-0.05, 0) is 24.6 Å². The minimum absolute atomic E-state index is 0.0341. The number of nitrogens with zero attached hydrogens (tertiary/aromatic N) is 1. The summed E-state index contributed by atoms with van der Waals surface area (Å²) in [6, 6.07) is 7.68. The molecule has 0 spiro atoms. The number of hydrogen-bond donors (Lipinski definition) is 1. The Bertz CT molecular complexity index is 534. The molecule has 1 heterocycles. The Morgan fingerprint density at radius 2 is 2.11 bits per heavy atom. The fourth-order valence-corrected chi connectivity index (χ4v) is 1.79. The van der Waals surface area contributed by atoms with Gasteiger partial charge in [0.1, 0.15) is 5.76 Å². The largest absolute Gasteiger partial charge is 0.446 e. The Kier molecular flexibility index (Phi) is 4.15. The second kappa shape index (κ2) is 5.82. The van der Waals surface area contributed by atoms with Crippen LogP contribution in [0.4, 0.5) is 0 Å². The normalized spacial score (nSPS) is 10.3. The number of benzene rings is 1. The Morgan fingerprint density at radius 1 is 1.39 bits per heavy atom. The highest BCUT2D eigenvalue weighted by atomic mass is 79.9. The summed E-state index contributed by atoms with van der Waals surface area (Å²) < 4.78 is 6.15. The molecule has 0 atom stereocenters. The van der Waals surface area contributed by atoms with Crippen molar-refractivity contribution in [3.8, 4) is 0 Å². The molecule has 2 rings (SSSR count). The van der Waals surface area contributed by atoms with Crippen LogP contribution in [0.15, 0.2) is 39.5 Å². The summed E-state index contributed by atoms with van der Waals surface area (Å²) >= 11 is 3.36. The van der Waals surface area contributed by atoms with Crippen molar-refractivity contribution in [2.75, 3.05) is 0 Å². The van der Waals surface area contributed by atoms with Gasteiger partial charge in [0.25, 0.3) is 0 Å². The highest BCUT2D eigenvalue weighted by Crippen LogP contribution is 2.11. The molecule has 1 aromatic heterocycles. The number of nitrogens with one attached hydrogen (secondary N) is 1. The summed E-state index contributed by atoms with van der Waals surface area (Å²) in [5, 5.41) is 2.80. The Balaban J connectivity index is 1.86. The number of amides is 1. The van der Waals surface area contributed by atoms with Gasteiger partial charge in [-0.3, -0.25) is 4.79 Å². The van der Waals surface area contributed by atoms with E-state index in [0.29, 0.717) is 18.7 Å². The van der Waals surface area contributed by atoms with E-state index in [2.05, 4.69) is 26.2 Å². The van der Waals surface area contributed by atoms with Crippen molar-refractivity contribution in [1.29, 1.82) is 0 Å². The van der Waals surface area contributed by atoms with Crippen LogP contribution in [0.1, 0.15) is 17.0 Å². The van der Waals surface area contributed by atoms with E-state index in [4.69, 9.17) is 4.42 Å². The summed E-state index contributed by atoms with van der Waals surface area (Å²) in [6.45, 7) is 2.22. The van der Waals surface area contributed by atoms with Crippen molar-refractivity contribution in [3.05, 3.63) is 52.1 Å². The van der Waals surface area contributed by atoms with Gasteiger partial charge in [0, 0.05) is 4.47 Å². The van der Waals surface area contributed by atoms with Gasteiger partial charge in [-0.15, -0.1) is 0 Å². The smallest absolute Gasteiger partial charge is 0.224 e. The first-order valence-corrected chi connectivity index (χ1v) is 6.34. The third kappa shape index (κ3) is 3.43. The van der Waals surface area contributed by atoms with Gasteiger partial charge in [0.15, 0.2) is 6.39 Å². The number of halogens is 1. The molecular weight excluding hydrogens is 296 g/mol. The highest BCUT2D eigenvalue weighted by Gasteiger charge is 2.07. The average molecular weight is 309 g/mol. The van der Waals surface area contributed by atoms with Crippen LogP contribution < -0.4 is 5.32 Å². The average Bonchev–Trinajstić information content (AvgIpc) is 2.75. The van der Waals surface area contributed by atoms with E-state index < -0.39 is 0 Å². The lowest BCUT2D eigenvalue weighted by Gasteiger charge is -2.04. The van der Waals surface area contributed by atoms with Crippen molar-refractivity contribution < 1.29 is 9.21 Å². The van der Waals surface area contributed by atoms with Crippen LogP contribution in [-0.4, -0.2) is 10.9 Å². The number of hydrogen-bond acceptors (Lipinski definition) is 3. The van der Waals surface area contributed by atoms with Gasteiger partial charge in [-0.1, -0.05) is 28.1 Å². The molecule has 1 N–H and O–H groups in total. The van der Waals surface area contributed by atoms with Crippen molar-refractivity contribution in [2.24, 2.45) is 0 Å². The Labute approximate surface area is 114 Å². The molecule has 0 saturated carbocycles. The molecule has 94 valence electrons. The van der Waals surface area contributed by atoms with E-state index in [1.54, 1.807) is 0 Å². The van der Waals surface area contributed by atoms with E-state index in [-0.39, 0.29) is 5.91 Å². The van der Waals surface area contributed by atoms with Gasteiger partial charge in [0.05, 0.1) is 18.7 Å². The summed E-state index contributed by atoms with van der Waals surface area (Å²) in [4.78, 5) is 15.7. The molecule has 0 fully saturated rings. The molecule has 5 heteroatoms. The summed E-state index contributed by atoms with van der Waals surface area (Å²) in [5.74, 6) is 0.660. The van der Waals surface area contributed by atoms with Crippen molar-refractivity contribution in [3.63, 3.8) is 0 Å². The maximum absolute atomic E-state index is 11.7. The number of carbonyl (C=O) groups excluding carboxylic acids is 1. The quantitative estimate of drug-likeness (QED) is 0.944. The van der Waals surface area contributed by atoms with Crippen molar-refractivity contribution in [2.45, 2.75) is 19.9 Å². The number of rotatable bonds is 4. The third-order valence-corrected chi connectivity index (χ3v) is 3.10. The van der Waals surface area contributed by atoms with Gasteiger partial charge in [0.2, 0.25) is 5.91 Å². The minimum Gasteiger partial charge on any atom is -0.446 e. The zero-order chi connectivity index (χ0) is 13.0. The zero-order valence-electron chi connectivity index (χ0n) is 9.94. The molecule has 0 radical (unpaired) electrons. The predicted molar refractivity (Wildman–Crippen MR) is 70.9 cm³/mol. The van der Waals surface area contributed by atoms with Crippen LogP contribution in [0.2, 0.25) is 0 Å². The molecule has 0 aliphatic heterocycles. The van der Waals surface area contributed by atoms with Crippen LogP contribution in [-0.2, 0) is 17.8 Å². The van der Waals surface area contributed by atoms with Gasteiger partial charge >= 0.3 is 0 Å². The summed E-state index contributed by atoms with van der Waals surface area (Å²) in [7, 11) is 0. The van der Waals surface area contributed by atoms with Gasteiger partial charge < -0.3 is 9.73 Å². The standard InChI is InChI=1S/C13H13BrN2O2/c1-9-12(18-8-16-9)7-15-13(17)6-10-2-4-11(14)5-3-10/h2-5,8H,6-7H2,1H3,(H,15,17). The number of carbonyl (C=O) groups is 1. The lowest BCUT2D eigenvalue weighted by Crippen LogP contribution is -2.24. The van der Waals surface area contributed by atoms with Crippen LogP contribution in [0.3, 0.4) is 0 Å². The second-order valence-electron chi connectivity index (χ2n) is 3.94. The first-order valence-electron chi connectivity index (χ1n) is 5.55. The van der Waals surface area contributed by atoms with E-state index in [1.165, 1.54) is 6.39 Å². The van der Waals surface area contributed by atoms with E-state index in [0.717, 1.165) is 15.7 Å². The first kappa shape index (κ1) is 12.8. The van der Waals surface area contributed by atoms with Gasteiger partial charge in [-0.25, -0.2) is 4.98 Å². The molecule has 0 unspecified atom stereocenters. The summed E-state index contributed by atoms with van der Waals surface area (Å²) in [5.41, 5.74) is 1.78.